The van der Waals surface area contributed by atoms with Gasteiger partial charge in [0.2, 0.25) is 5.91 Å². The number of ether oxygens (including phenoxy) is 1. The zero-order valence-electron chi connectivity index (χ0n) is 9.72. The third kappa shape index (κ3) is 2.67. The molecule has 1 heterocycles. The lowest BCUT2D eigenvalue weighted by Gasteiger charge is -2.29. The van der Waals surface area contributed by atoms with Gasteiger partial charge >= 0.3 is 0 Å². The van der Waals surface area contributed by atoms with Crippen LogP contribution in [-0.2, 0) is 9.53 Å². The molecule has 2 N–H and O–H groups in total. The van der Waals surface area contributed by atoms with Gasteiger partial charge in [-0.05, 0) is 24.7 Å². The second kappa shape index (κ2) is 5.84. The van der Waals surface area contributed by atoms with E-state index < -0.39 is 0 Å². The molecule has 0 aromatic carbocycles. The van der Waals surface area contributed by atoms with Crippen LogP contribution in [0, 0.1) is 11.8 Å². The maximum absolute atomic E-state index is 11.7. The summed E-state index contributed by atoms with van der Waals surface area (Å²) in [6.45, 7) is 1.93. The molecule has 0 aromatic heterocycles. The number of fused-ring (bicyclic) bond motifs is 1. The molecule has 3 atom stereocenters. The lowest BCUT2D eigenvalue weighted by Crippen LogP contribution is -2.38. The molecule has 0 spiro atoms. The van der Waals surface area contributed by atoms with Crippen LogP contribution in [0.25, 0.3) is 0 Å². The lowest BCUT2D eigenvalue weighted by atomic mass is 9.78. The van der Waals surface area contributed by atoms with Crippen LogP contribution in [0.4, 0.5) is 0 Å². The molecule has 1 aliphatic heterocycles. The van der Waals surface area contributed by atoms with E-state index in [9.17, 15) is 4.79 Å². The van der Waals surface area contributed by atoms with Crippen molar-refractivity contribution in [3.8, 4) is 0 Å². The lowest BCUT2D eigenvalue weighted by molar-refractivity contribution is -0.134. The predicted molar refractivity (Wildman–Crippen MR) is 64.5 cm³/mol. The fraction of sp³-hybridized carbons (Fsp3) is 0.909. The van der Waals surface area contributed by atoms with Gasteiger partial charge in [0.25, 0.3) is 0 Å². The molecule has 1 saturated heterocycles. The van der Waals surface area contributed by atoms with E-state index in [1.54, 1.807) is 7.11 Å². The number of nitrogens with zero attached hydrogens (tertiary/aromatic N) is 1. The Bertz CT molecular complexity index is 250. The van der Waals surface area contributed by atoms with Gasteiger partial charge < -0.3 is 15.4 Å². The number of likely N-dealkylation sites (tertiary alicyclic amines) is 1. The van der Waals surface area contributed by atoms with Crippen LogP contribution in [0.3, 0.4) is 0 Å². The number of carbonyl (C=O) groups is 1. The van der Waals surface area contributed by atoms with E-state index in [4.69, 9.17) is 10.5 Å². The van der Waals surface area contributed by atoms with Crippen LogP contribution in [0.2, 0.25) is 0 Å². The fourth-order valence-corrected chi connectivity index (χ4v) is 2.94. The van der Waals surface area contributed by atoms with Crippen LogP contribution < -0.4 is 5.73 Å². The quantitative estimate of drug-likeness (QED) is 0.780. The Labute approximate surface area is 103 Å². The predicted octanol–water partition coefficient (Wildman–Crippen LogP) is 0.640. The molecule has 1 saturated carbocycles. The Balaban J connectivity index is 0.00000128. The molecule has 4 nitrogen and oxygen atoms in total. The third-order valence-corrected chi connectivity index (χ3v) is 3.77. The average Bonchev–Trinajstić information content (AvgIpc) is 2.63. The summed E-state index contributed by atoms with van der Waals surface area (Å²) in [6.07, 6.45) is 3.57. The van der Waals surface area contributed by atoms with Gasteiger partial charge in [-0.15, -0.1) is 12.4 Å². The van der Waals surface area contributed by atoms with Crippen molar-refractivity contribution in [3.63, 3.8) is 0 Å². The Morgan fingerprint density at radius 2 is 2.19 bits per heavy atom. The Kier molecular flexibility index (Phi) is 5.02. The van der Waals surface area contributed by atoms with E-state index in [-0.39, 0.29) is 24.9 Å². The maximum atomic E-state index is 11.7. The molecule has 0 aromatic rings. The van der Waals surface area contributed by atoms with Crippen LogP contribution in [0.1, 0.15) is 19.3 Å². The summed E-state index contributed by atoms with van der Waals surface area (Å²) in [4.78, 5) is 13.6. The third-order valence-electron chi connectivity index (χ3n) is 3.77. The first-order valence-electron chi connectivity index (χ1n) is 5.74. The van der Waals surface area contributed by atoms with Gasteiger partial charge in [0.15, 0.2) is 0 Å². The minimum absolute atomic E-state index is 0. The topological polar surface area (TPSA) is 55.6 Å². The molecule has 16 heavy (non-hydrogen) atoms. The zero-order valence-corrected chi connectivity index (χ0v) is 10.5. The Morgan fingerprint density at radius 3 is 2.81 bits per heavy atom. The summed E-state index contributed by atoms with van der Waals surface area (Å²) >= 11 is 0. The molecule has 5 heteroatoms. The Morgan fingerprint density at radius 1 is 1.44 bits per heavy atom. The molecule has 1 amide bonds. The van der Waals surface area contributed by atoms with Crippen molar-refractivity contribution in [2.24, 2.45) is 17.6 Å². The number of hydrogen-bond acceptors (Lipinski definition) is 3. The van der Waals surface area contributed by atoms with Gasteiger partial charge in [-0.1, -0.05) is 6.42 Å². The van der Waals surface area contributed by atoms with Gasteiger partial charge in [0.05, 0.1) is 0 Å². The van der Waals surface area contributed by atoms with Gasteiger partial charge in [-0.3, -0.25) is 4.79 Å². The van der Waals surface area contributed by atoms with E-state index in [1.165, 1.54) is 12.8 Å². The highest BCUT2D eigenvalue weighted by Crippen LogP contribution is 2.35. The number of carbonyl (C=O) groups excluding carboxylic acids is 1. The van der Waals surface area contributed by atoms with Crippen molar-refractivity contribution in [2.75, 3.05) is 26.8 Å². The Hall–Kier alpha value is -0.320. The molecule has 0 bridgehead atoms. The van der Waals surface area contributed by atoms with Crippen molar-refractivity contribution in [3.05, 3.63) is 0 Å². The fourth-order valence-electron chi connectivity index (χ4n) is 2.94. The zero-order chi connectivity index (χ0) is 10.8. The van der Waals surface area contributed by atoms with Crippen molar-refractivity contribution >= 4 is 18.3 Å². The molecule has 2 aliphatic rings. The highest BCUT2D eigenvalue weighted by atomic mass is 35.5. The number of amides is 1. The SMILES string of the molecule is COCC(=O)N1CC2CCCC(N)C2C1.Cl. The summed E-state index contributed by atoms with van der Waals surface area (Å²) in [5.74, 6) is 1.27. The highest BCUT2D eigenvalue weighted by Gasteiger charge is 2.40. The number of halogens is 1. The van der Waals surface area contributed by atoms with E-state index in [0.717, 1.165) is 19.5 Å². The summed E-state index contributed by atoms with van der Waals surface area (Å²) in [6, 6.07) is 0.295. The van der Waals surface area contributed by atoms with Crippen molar-refractivity contribution < 1.29 is 9.53 Å². The van der Waals surface area contributed by atoms with E-state index in [1.807, 2.05) is 4.90 Å². The monoisotopic (exact) mass is 248 g/mol. The van der Waals surface area contributed by atoms with Crippen LogP contribution >= 0.6 is 12.4 Å². The minimum Gasteiger partial charge on any atom is -0.375 e. The van der Waals surface area contributed by atoms with E-state index in [0.29, 0.717) is 17.9 Å². The summed E-state index contributed by atoms with van der Waals surface area (Å²) in [5.41, 5.74) is 6.09. The van der Waals surface area contributed by atoms with Gasteiger partial charge in [-0.25, -0.2) is 0 Å². The first-order chi connectivity index (χ1) is 7.22. The van der Waals surface area contributed by atoms with Crippen molar-refractivity contribution in [2.45, 2.75) is 25.3 Å². The van der Waals surface area contributed by atoms with E-state index >= 15 is 0 Å². The van der Waals surface area contributed by atoms with Crippen molar-refractivity contribution in [1.29, 1.82) is 0 Å². The highest BCUT2D eigenvalue weighted by molar-refractivity contribution is 5.85. The van der Waals surface area contributed by atoms with Gasteiger partial charge in [-0.2, -0.15) is 0 Å². The molecule has 3 unspecified atom stereocenters. The molecule has 0 radical (unpaired) electrons. The smallest absolute Gasteiger partial charge is 0.248 e. The summed E-state index contributed by atoms with van der Waals surface area (Å²) in [7, 11) is 1.56. The normalized spacial score (nSPS) is 33.1. The first kappa shape index (κ1) is 13.7. The van der Waals surface area contributed by atoms with E-state index in [2.05, 4.69) is 0 Å². The van der Waals surface area contributed by atoms with Crippen LogP contribution in [-0.4, -0.2) is 43.7 Å². The van der Waals surface area contributed by atoms with Crippen molar-refractivity contribution in [1.82, 2.24) is 4.90 Å². The maximum Gasteiger partial charge on any atom is 0.248 e. The second-order valence-electron chi connectivity index (χ2n) is 4.75. The van der Waals surface area contributed by atoms with Crippen LogP contribution in [0.5, 0.6) is 0 Å². The van der Waals surface area contributed by atoms with Crippen LogP contribution in [0.15, 0.2) is 0 Å². The number of nitrogens with two attached hydrogens (primary N) is 1. The number of rotatable bonds is 2. The molecule has 1 aliphatic carbocycles. The summed E-state index contributed by atoms with van der Waals surface area (Å²) in [5, 5.41) is 0. The second-order valence-corrected chi connectivity index (χ2v) is 4.75. The molecular formula is C11H21ClN2O2. The first-order valence-corrected chi connectivity index (χ1v) is 5.74. The molecule has 2 rings (SSSR count). The van der Waals surface area contributed by atoms with Gasteiger partial charge in [0, 0.05) is 26.2 Å². The molecular weight excluding hydrogens is 228 g/mol. The standard InChI is InChI=1S/C11H20N2O2.ClH/c1-15-7-11(14)13-5-8-3-2-4-10(12)9(8)6-13;/h8-10H,2-7,12H2,1H3;1H. The minimum atomic E-state index is 0. The summed E-state index contributed by atoms with van der Waals surface area (Å²) < 4.78 is 4.87. The van der Waals surface area contributed by atoms with Gasteiger partial charge in [0.1, 0.15) is 6.61 Å². The molecule has 2 fully saturated rings. The average molecular weight is 249 g/mol. The number of methoxy groups -OCH3 is 1. The number of hydrogen-bond donors (Lipinski definition) is 1. The molecule has 94 valence electrons. The largest absolute Gasteiger partial charge is 0.375 e.